The standard InChI is InChI=1S/C30H38O6/c1-22(13-14-24-10-6-4-7-11-24)15-16-30(34)21-27-20-26(36-30)17-23(2)9-5-3-8-12-25(18-28(31)32)19-29(33)35-27/h3-4,6-11,13,19,26-27,34H,5,12,14-18,20-21H2,1-2H3,(H,31,32)/b8-3?,22-13+,23-9?,25-19?/t26-,27-,30+/m1/s1. The van der Waals surface area contributed by atoms with Crippen molar-refractivity contribution in [2.45, 2.75) is 89.6 Å². The molecule has 0 unspecified atom stereocenters. The monoisotopic (exact) mass is 494 g/mol. The van der Waals surface area contributed by atoms with Crippen LogP contribution in [0.25, 0.3) is 0 Å². The number of rotatable bonds is 7. The molecule has 0 spiro atoms. The van der Waals surface area contributed by atoms with Crippen LogP contribution < -0.4 is 0 Å². The average molecular weight is 495 g/mol. The summed E-state index contributed by atoms with van der Waals surface area (Å²) in [7, 11) is 0. The number of ether oxygens (including phenoxy) is 2. The van der Waals surface area contributed by atoms with Crippen molar-refractivity contribution in [3.8, 4) is 0 Å². The normalized spacial score (nSPS) is 25.9. The van der Waals surface area contributed by atoms with Gasteiger partial charge in [-0.15, -0.1) is 0 Å². The number of carboxylic acid groups (broad SMARTS) is 1. The van der Waals surface area contributed by atoms with Crippen molar-refractivity contribution in [2.75, 3.05) is 0 Å². The Bertz CT molecular complexity index is 1020. The van der Waals surface area contributed by atoms with E-state index in [0.717, 1.165) is 17.6 Å². The van der Waals surface area contributed by atoms with Crippen LogP contribution in [0.3, 0.4) is 0 Å². The van der Waals surface area contributed by atoms with Gasteiger partial charge in [-0.3, -0.25) is 4.79 Å². The predicted octanol–water partition coefficient (Wildman–Crippen LogP) is 5.82. The Balaban J connectivity index is 1.72. The maximum absolute atomic E-state index is 12.6. The summed E-state index contributed by atoms with van der Waals surface area (Å²) < 4.78 is 11.9. The SMILES string of the molecule is CC1=CCC=CCC(CC(=O)O)=CC(=O)O[C@@H]2C[C@@H](C1)O[C@@](O)(CC/C(C)=C/Cc1ccccc1)C2. The summed E-state index contributed by atoms with van der Waals surface area (Å²) in [5.41, 5.74) is 4.02. The highest BCUT2D eigenvalue weighted by molar-refractivity contribution is 5.84. The largest absolute Gasteiger partial charge is 0.481 e. The van der Waals surface area contributed by atoms with Crippen molar-refractivity contribution < 1.29 is 29.3 Å². The highest BCUT2D eigenvalue weighted by Crippen LogP contribution is 2.35. The van der Waals surface area contributed by atoms with Gasteiger partial charge >= 0.3 is 11.9 Å². The van der Waals surface area contributed by atoms with E-state index in [-0.39, 0.29) is 18.9 Å². The molecule has 1 aromatic rings. The molecule has 0 aliphatic carbocycles. The minimum Gasteiger partial charge on any atom is -0.481 e. The first kappa shape index (κ1) is 27.6. The quantitative estimate of drug-likeness (QED) is 0.366. The number of aliphatic hydroxyl groups is 1. The van der Waals surface area contributed by atoms with Crippen molar-refractivity contribution in [1.82, 2.24) is 0 Å². The molecule has 1 aromatic carbocycles. The van der Waals surface area contributed by atoms with E-state index in [2.05, 4.69) is 31.2 Å². The van der Waals surface area contributed by atoms with Gasteiger partial charge in [0.05, 0.1) is 12.5 Å². The van der Waals surface area contributed by atoms with Crippen LogP contribution in [-0.4, -0.2) is 40.1 Å². The summed E-state index contributed by atoms with van der Waals surface area (Å²) >= 11 is 0. The molecule has 2 aliphatic rings. The lowest BCUT2D eigenvalue weighted by Crippen LogP contribution is -2.47. The van der Waals surface area contributed by atoms with Crippen molar-refractivity contribution in [1.29, 1.82) is 0 Å². The molecule has 0 amide bonds. The third kappa shape index (κ3) is 9.59. The fourth-order valence-corrected chi connectivity index (χ4v) is 4.70. The lowest BCUT2D eigenvalue weighted by molar-refractivity contribution is -0.275. The van der Waals surface area contributed by atoms with Gasteiger partial charge in [-0.05, 0) is 57.1 Å². The Labute approximate surface area is 214 Å². The van der Waals surface area contributed by atoms with Crippen LogP contribution in [0.5, 0.6) is 0 Å². The van der Waals surface area contributed by atoms with E-state index in [1.807, 2.05) is 37.3 Å². The Hall–Kier alpha value is -2.96. The van der Waals surface area contributed by atoms with Gasteiger partial charge < -0.3 is 19.7 Å². The molecular formula is C30H38O6. The van der Waals surface area contributed by atoms with E-state index >= 15 is 0 Å². The maximum atomic E-state index is 12.6. The Morgan fingerprint density at radius 3 is 2.72 bits per heavy atom. The number of fused-ring (bicyclic) bond motifs is 2. The molecule has 2 bridgehead atoms. The van der Waals surface area contributed by atoms with Crippen LogP contribution in [0.4, 0.5) is 0 Å². The van der Waals surface area contributed by atoms with E-state index in [9.17, 15) is 19.8 Å². The zero-order chi connectivity index (χ0) is 26.0. The van der Waals surface area contributed by atoms with Gasteiger partial charge in [-0.1, -0.05) is 65.8 Å². The van der Waals surface area contributed by atoms with Crippen LogP contribution in [0, 0.1) is 0 Å². The van der Waals surface area contributed by atoms with Crippen LogP contribution in [-0.2, 0) is 25.5 Å². The number of carbonyl (C=O) groups is 2. The number of allylic oxidation sites excluding steroid dienone is 5. The second kappa shape index (κ2) is 13.4. The van der Waals surface area contributed by atoms with Crippen LogP contribution in [0.2, 0.25) is 0 Å². The number of benzene rings is 1. The van der Waals surface area contributed by atoms with Gasteiger partial charge in [0, 0.05) is 25.3 Å². The Morgan fingerprint density at radius 2 is 1.97 bits per heavy atom. The van der Waals surface area contributed by atoms with Gasteiger partial charge in [0.1, 0.15) is 6.10 Å². The fourth-order valence-electron chi connectivity index (χ4n) is 4.70. The summed E-state index contributed by atoms with van der Waals surface area (Å²) in [6.45, 7) is 4.09. The van der Waals surface area contributed by atoms with Crippen LogP contribution in [0.1, 0.15) is 70.8 Å². The van der Waals surface area contributed by atoms with Crippen molar-refractivity contribution >= 4 is 11.9 Å². The first-order valence-corrected chi connectivity index (χ1v) is 12.7. The van der Waals surface area contributed by atoms with Gasteiger partial charge in [0.2, 0.25) is 0 Å². The summed E-state index contributed by atoms with van der Waals surface area (Å²) in [6, 6.07) is 10.2. The minimum absolute atomic E-state index is 0.186. The van der Waals surface area contributed by atoms with E-state index in [4.69, 9.17) is 9.47 Å². The Morgan fingerprint density at radius 1 is 1.19 bits per heavy atom. The maximum Gasteiger partial charge on any atom is 0.331 e. The topological polar surface area (TPSA) is 93.1 Å². The average Bonchev–Trinajstić information content (AvgIpc) is 2.80. The van der Waals surface area contributed by atoms with Gasteiger partial charge in [0.15, 0.2) is 5.79 Å². The fraction of sp³-hybridized carbons (Fsp3) is 0.467. The summed E-state index contributed by atoms with van der Waals surface area (Å²) in [4.78, 5) is 23.9. The molecule has 2 N–H and O–H groups in total. The number of hydrogen-bond acceptors (Lipinski definition) is 5. The smallest absolute Gasteiger partial charge is 0.331 e. The molecule has 194 valence electrons. The molecule has 2 heterocycles. The van der Waals surface area contributed by atoms with Crippen LogP contribution in [0.15, 0.2) is 77.4 Å². The summed E-state index contributed by atoms with van der Waals surface area (Å²) in [5.74, 6) is -2.97. The summed E-state index contributed by atoms with van der Waals surface area (Å²) in [5, 5.41) is 20.6. The third-order valence-electron chi connectivity index (χ3n) is 6.58. The molecule has 6 nitrogen and oxygen atoms in total. The zero-order valence-corrected chi connectivity index (χ0v) is 21.3. The van der Waals surface area contributed by atoms with E-state index in [1.165, 1.54) is 11.6 Å². The number of carbonyl (C=O) groups excluding carboxylic acids is 1. The van der Waals surface area contributed by atoms with Crippen molar-refractivity contribution in [3.63, 3.8) is 0 Å². The molecule has 36 heavy (non-hydrogen) atoms. The second-order valence-electron chi connectivity index (χ2n) is 9.96. The van der Waals surface area contributed by atoms with E-state index in [0.29, 0.717) is 44.1 Å². The van der Waals surface area contributed by atoms with E-state index in [1.54, 1.807) is 0 Å². The molecule has 1 saturated heterocycles. The number of hydrogen-bond donors (Lipinski definition) is 2. The lowest BCUT2D eigenvalue weighted by atomic mass is 9.91. The molecule has 6 heteroatoms. The summed E-state index contributed by atoms with van der Waals surface area (Å²) in [6.07, 6.45) is 12.7. The molecular weight excluding hydrogens is 456 g/mol. The van der Waals surface area contributed by atoms with Crippen LogP contribution >= 0.6 is 0 Å². The minimum atomic E-state index is -1.40. The first-order valence-electron chi connectivity index (χ1n) is 12.7. The molecule has 3 rings (SSSR count). The third-order valence-corrected chi connectivity index (χ3v) is 6.58. The lowest BCUT2D eigenvalue weighted by Gasteiger charge is -2.41. The predicted molar refractivity (Wildman–Crippen MR) is 139 cm³/mol. The zero-order valence-electron chi connectivity index (χ0n) is 21.3. The number of aliphatic carboxylic acids is 1. The molecule has 2 aliphatic heterocycles. The first-order chi connectivity index (χ1) is 17.2. The van der Waals surface area contributed by atoms with Gasteiger partial charge in [-0.2, -0.15) is 0 Å². The Kier molecular flexibility index (Phi) is 10.3. The number of esters is 1. The highest BCUT2D eigenvalue weighted by atomic mass is 16.6. The second-order valence-corrected chi connectivity index (χ2v) is 9.96. The van der Waals surface area contributed by atoms with Gasteiger partial charge in [0.25, 0.3) is 0 Å². The molecule has 0 aromatic heterocycles. The molecule has 3 atom stereocenters. The number of carboxylic acids is 1. The molecule has 0 radical (unpaired) electrons. The van der Waals surface area contributed by atoms with Gasteiger partial charge in [-0.25, -0.2) is 4.79 Å². The highest BCUT2D eigenvalue weighted by Gasteiger charge is 2.41. The van der Waals surface area contributed by atoms with Crippen molar-refractivity contribution in [2.24, 2.45) is 0 Å². The van der Waals surface area contributed by atoms with Crippen molar-refractivity contribution in [3.05, 3.63) is 83.0 Å². The van der Waals surface area contributed by atoms with E-state index < -0.39 is 23.8 Å². The molecule has 1 fully saturated rings. The molecule has 0 saturated carbocycles.